The predicted octanol–water partition coefficient (Wildman–Crippen LogP) is 4.08. The number of hydrogen-bond acceptors (Lipinski definition) is 5. The van der Waals surface area contributed by atoms with Gasteiger partial charge in [-0.1, -0.05) is 6.07 Å². The average Bonchev–Trinajstić information content (AvgIpc) is 3.26. The summed E-state index contributed by atoms with van der Waals surface area (Å²) in [5, 5.41) is 4.86. The molecule has 0 saturated carbocycles. The van der Waals surface area contributed by atoms with Crippen molar-refractivity contribution in [3.8, 4) is 5.75 Å². The molecule has 3 aromatic rings. The summed E-state index contributed by atoms with van der Waals surface area (Å²) >= 11 is 1.55. The zero-order valence-corrected chi connectivity index (χ0v) is 18.1. The van der Waals surface area contributed by atoms with Crippen LogP contribution in [0.3, 0.4) is 0 Å². The number of amides is 1. The molecule has 2 aromatic carbocycles. The van der Waals surface area contributed by atoms with Crippen LogP contribution in [0.25, 0.3) is 0 Å². The summed E-state index contributed by atoms with van der Waals surface area (Å²) in [5.41, 5.74) is 2.25. The fourth-order valence-electron chi connectivity index (χ4n) is 3.54. The van der Waals surface area contributed by atoms with Crippen LogP contribution in [0.1, 0.15) is 16.9 Å². The van der Waals surface area contributed by atoms with Gasteiger partial charge in [0, 0.05) is 17.1 Å². The van der Waals surface area contributed by atoms with Gasteiger partial charge in [-0.25, -0.2) is 8.42 Å². The summed E-state index contributed by atoms with van der Waals surface area (Å²) in [4.78, 5) is 13.5. The molecule has 0 bridgehead atoms. The highest BCUT2D eigenvalue weighted by Crippen LogP contribution is 2.34. The Bertz CT molecular complexity index is 1140. The largest absolute Gasteiger partial charge is 0.497 e. The van der Waals surface area contributed by atoms with E-state index in [1.54, 1.807) is 54.8 Å². The quantitative estimate of drug-likeness (QED) is 0.624. The number of ether oxygens (including phenoxy) is 1. The number of rotatable bonds is 6. The van der Waals surface area contributed by atoms with Gasteiger partial charge in [-0.15, -0.1) is 11.3 Å². The lowest BCUT2D eigenvalue weighted by Crippen LogP contribution is -2.35. The molecule has 1 aliphatic heterocycles. The van der Waals surface area contributed by atoms with Crippen LogP contribution in [-0.4, -0.2) is 28.0 Å². The first-order valence-corrected chi connectivity index (χ1v) is 11.9. The standard InChI is InChI=1S/C22H22N2O4S2/c1-28-18-7-9-20(10-8-18)30(26,27)24-12-2-4-16-14-17(6-11-21(16)24)23-22(25)15-19-5-3-13-29-19/h3,5-11,13-14H,2,4,12,15H2,1H3,(H,23,25). The second kappa shape index (κ2) is 8.49. The van der Waals surface area contributed by atoms with Crippen molar-refractivity contribution in [3.05, 3.63) is 70.4 Å². The third-order valence-corrected chi connectivity index (χ3v) is 7.71. The van der Waals surface area contributed by atoms with Crippen LogP contribution in [0.15, 0.2) is 64.9 Å². The van der Waals surface area contributed by atoms with E-state index < -0.39 is 10.0 Å². The number of thiophene rings is 1. The number of methoxy groups -OCH3 is 1. The molecule has 1 aliphatic rings. The SMILES string of the molecule is COc1ccc(S(=O)(=O)N2CCCc3cc(NC(=O)Cc4cccs4)ccc32)cc1. The second-order valence-electron chi connectivity index (χ2n) is 7.00. The summed E-state index contributed by atoms with van der Waals surface area (Å²) in [6, 6.07) is 15.7. The molecule has 2 heterocycles. The van der Waals surface area contributed by atoms with Crippen molar-refractivity contribution in [3.63, 3.8) is 0 Å². The van der Waals surface area contributed by atoms with Crippen LogP contribution in [0.4, 0.5) is 11.4 Å². The highest BCUT2D eigenvalue weighted by Gasteiger charge is 2.29. The lowest BCUT2D eigenvalue weighted by Gasteiger charge is -2.31. The number of carbonyl (C=O) groups excluding carboxylic acids is 1. The minimum absolute atomic E-state index is 0.0871. The van der Waals surface area contributed by atoms with Crippen molar-refractivity contribution in [2.75, 3.05) is 23.3 Å². The van der Waals surface area contributed by atoms with Crippen molar-refractivity contribution < 1.29 is 17.9 Å². The first-order chi connectivity index (χ1) is 14.5. The van der Waals surface area contributed by atoms with Crippen molar-refractivity contribution in [2.24, 2.45) is 0 Å². The number of nitrogens with zero attached hydrogens (tertiary/aromatic N) is 1. The molecule has 0 atom stereocenters. The van der Waals surface area contributed by atoms with Crippen LogP contribution in [-0.2, 0) is 27.7 Å². The Kier molecular flexibility index (Phi) is 5.78. The van der Waals surface area contributed by atoms with Gasteiger partial charge >= 0.3 is 0 Å². The monoisotopic (exact) mass is 442 g/mol. The fourth-order valence-corrected chi connectivity index (χ4v) is 5.79. The van der Waals surface area contributed by atoms with Crippen LogP contribution in [0.2, 0.25) is 0 Å². The maximum atomic E-state index is 13.2. The van der Waals surface area contributed by atoms with E-state index in [1.807, 2.05) is 23.6 Å². The zero-order valence-electron chi connectivity index (χ0n) is 16.5. The number of aryl methyl sites for hydroxylation is 1. The minimum Gasteiger partial charge on any atom is -0.497 e. The van der Waals surface area contributed by atoms with Gasteiger partial charge in [-0.3, -0.25) is 9.10 Å². The average molecular weight is 443 g/mol. The normalized spacial score (nSPS) is 13.6. The van der Waals surface area contributed by atoms with Crippen molar-refractivity contribution in [1.29, 1.82) is 0 Å². The van der Waals surface area contributed by atoms with Gasteiger partial charge in [0.15, 0.2) is 0 Å². The van der Waals surface area contributed by atoms with Gasteiger partial charge in [0.05, 0.1) is 24.1 Å². The molecule has 0 unspecified atom stereocenters. The van der Waals surface area contributed by atoms with Crippen LogP contribution in [0, 0.1) is 0 Å². The molecule has 4 rings (SSSR count). The minimum atomic E-state index is -3.68. The number of fused-ring (bicyclic) bond motifs is 1. The molecule has 0 spiro atoms. The Morgan fingerprint density at radius 3 is 2.67 bits per heavy atom. The Labute approximate surface area is 180 Å². The number of nitrogens with one attached hydrogen (secondary N) is 1. The Hall–Kier alpha value is -2.84. The fraction of sp³-hybridized carbons (Fsp3) is 0.227. The van der Waals surface area contributed by atoms with Gasteiger partial charge < -0.3 is 10.1 Å². The predicted molar refractivity (Wildman–Crippen MR) is 119 cm³/mol. The molecular weight excluding hydrogens is 420 g/mol. The maximum absolute atomic E-state index is 13.2. The molecule has 1 amide bonds. The number of hydrogen-bond donors (Lipinski definition) is 1. The van der Waals surface area contributed by atoms with E-state index in [9.17, 15) is 13.2 Å². The van der Waals surface area contributed by atoms with Crippen molar-refractivity contribution in [2.45, 2.75) is 24.2 Å². The van der Waals surface area contributed by atoms with Crippen LogP contribution >= 0.6 is 11.3 Å². The lowest BCUT2D eigenvalue weighted by molar-refractivity contribution is -0.115. The third kappa shape index (κ3) is 4.20. The summed E-state index contributed by atoms with van der Waals surface area (Å²) in [6.45, 7) is 0.422. The number of anilines is 2. The molecule has 0 radical (unpaired) electrons. The number of carbonyl (C=O) groups is 1. The van der Waals surface area contributed by atoms with Gasteiger partial charge in [-0.05, 0) is 72.3 Å². The summed E-state index contributed by atoms with van der Waals surface area (Å²) in [5.74, 6) is 0.520. The van der Waals surface area contributed by atoms with Crippen LogP contribution in [0.5, 0.6) is 5.75 Å². The molecule has 30 heavy (non-hydrogen) atoms. The van der Waals surface area contributed by atoms with Gasteiger partial charge in [0.1, 0.15) is 5.75 Å². The molecular formula is C22H22N2O4S2. The molecule has 8 heteroatoms. The summed E-state index contributed by atoms with van der Waals surface area (Å²) in [6.07, 6.45) is 1.81. The molecule has 1 aromatic heterocycles. The molecule has 0 aliphatic carbocycles. The van der Waals surface area contributed by atoms with E-state index in [-0.39, 0.29) is 10.8 Å². The molecule has 0 fully saturated rings. The van der Waals surface area contributed by atoms with Gasteiger partial charge in [0.25, 0.3) is 10.0 Å². The third-order valence-electron chi connectivity index (χ3n) is 5.00. The summed E-state index contributed by atoms with van der Waals surface area (Å²) < 4.78 is 33.0. The molecule has 156 valence electrons. The van der Waals surface area contributed by atoms with E-state index in [0.29, 0.717) is 30.1 Å². The zero-order chi connectivity index (χ0) is 21.1. The number of sulfonamides is 1. The molecule has 6 nitrogen and oxygen atoms in total. The maximum Gasteiger partial charge on any atom is 0.264 e. The van der Waals surface area contributed by atoms with E-state index in [4.69, 9.17) is 4.74 Å². The molecule has 1 N–H and O–H groups in total. The first-order valence-electron chi connectivity index (χ1n) is 9.59. The van der Waals surface area contributed by atoms with E-state index in [2.05, 4.69) is 5.32 Å². The summed E-state index contributed by atoms with van der Waals surface area (Å²) in [7, 11) is -2.14. The van der Waals surface area contributed by atoms with Crippen molar-refractivity contribution >= 4 is 38.6 Å². The van der Waals surface area contributed by atoms with Crippen molar-refractivity contribution in [1.82, 2.24) is 0 Å². The topological polar surface area (TPSA) is 75.7 Å². The first kappa shape index (κ1) is 20.4. The van der Waals surface area contributed by atoms with Crippen LogP contribution < -0.4 is 14.4 Å². The Balaban J connectivity index is 1.56. The van der Waals surface area contributed by atoms with E-state index in [0.717, 1.165) is 23.3 Å². The van der Waals surface area contributed by atoms with E-state index >= 15 is 0 Å². The second-order valence-corrected chi connectivity index (χ2v) is 9.90. The lowest BCUT2D eigenvalue weighted by atomic mass is 10.0. The number of benzene rings is 2. The highest BCUT2D eigenvalue weighted by atomic mass is 32.2. The van der Waals surface area contributed by atoms with Gasteiger partial charge in [-0.2, -0.15) is 0 Å². The Morgan fingerprint density at radius 1 is 1.17 bits per heavy atom. The smallest absolute Gasteiger partial charge is 0.264 e. The molecule has 0 saturated heterocycles. The Morgan fingerprint density at radius 2 is 1.97 bits per heavy atom. The van der Waals surface area contributed by atoms with Gasteiger partial charge in [0.2, 0.25) is 5.91 Å². The van der Waals surface area contributed by atoms with E-state index in [1.165, 1.54) is 4.31 Å². The highest BCUT2D eigenvalue weighted by molar-refractivity contribution is 7.92.